The first-order valence-electron chi connectivity index (χ1n) is 6.90. The van der Waals surface area contributed by atoms with E-state index in [0.717, 1.165) is 32.4 Å². The van der Waals surface area contributed by atoms with Crippen LogP contribution in [0.15, 0.2) is 0 Å². The standard InChI is InChI=1S/C13H24N2O2/c1-2-10(6-8-16)9-15-7-5-12(13(15)17)14-11-3-4-11/h10-12,14,16H,2-9H2,1H3. The summed E-state index contributed by atoms with van der Waals surface area (Å²) in [6.45, 7) is 4.05. The van der Waals surface area contributed by atoms with Crippen molar-refractivity contribution in [1.29, 1.82) is 0 Å². The molecule has 1 aliphatic carbocycles. The lowest BCUT2D eigenvalue weighted by Crippen LogP contribution is -2.40. The fraction of sp³-hybridized carbons (Fsp3) is 0.923. The molecule has 1 amide bonds. The largest absolute Gasteiger partial charge is 0.396 e. The fourth-order valence-electron chi connectivity index (χ4n) is 2.53. The third-order valence-electron chi connectivity index (χ3n) is 3.90. The molecule has 4 nitrogen and oxygen atoms in total. The van der Waals surface area contributed by atoms with Crippen molar-refractivity contribution in [3.63, 3.8) is 0 Å². The molecular weight excluding hydrogens is 216 g/mol. The summed E-state index contributed by atoms with van der Waals surface area (Å²) in [7, 11) is 0. The zero-order chi connectivity index (χ0) is 12.3. The number of nitrogens with zero attached hydrogens (tertiary/aromatic N) is 1. The van der Waals surface area contributed by atoms with E-state index >= 15 is 0 Å². The van der Waals surface area contributed by atoms with Gasteiger partial charge >= 0.3 is 0 Å². The smallest absolute Gasteiger partial charge is 0.239 e. The second-order valence-electron chi connectivity index (χ2n) is 5.35. The summed E-state index contributed by atoms with van der Waals surface area (Å²) in [4.78, 5) is 14.1. The third kappa shape index (κ3) is 3.42. The quantitative estimate of drug-likeness (QED) is 0.690. The van der Waals surface area contributed by atoms with Crippen LogP contribution in [0.1, 0.15) is 39.0 Å². The van der Waals surface area contributed by atoms with Gasteiger partial charge < -0.3 is 15.3 Å². The summed E-state index contributed by atoms with van der Waals surface area (Å²) in [5.41, 5.74) is 0. The molecule has 0 radical (unpaired) electrons. The van der Waals surface area contributed by atoms with Crippen molar-refractivity contribution in [3.05, 3.63) is 0 Å². The predicted octanol–water partition coefficient (Wildman–Crippen LogP) is 0.748. The normalized spacial score (nSPS) is 26.6. The van der Waals surface area contributed by atoms with E-state index in [4.69, 9.17) is 5.11 Å². The van der Waals surface area contributed by atoms with Gasteiger partial charge in [-0.05, 0) is 31.6 Å². The van der Waals surface area contributed by atoms with Gasteiger partial charge in [-0.15, -0.1) is 0 Å². The summed E-state index contributed by atoms with van der Waals surface area (Å²) in [5, 5.41) is 12.4. The lowest BCUT2D eigenvalue weighted by Gasteiger charge is -2.22. The van der Waals surface area contributed by atoms with Crippen molar-refractivity contribution in [2.45, 2.75) is 51.1 Å². The maximum Gasteiger partial charge on any atom is 0.239 e. The molecule has 0 aromatic carbocycles. The van der Waals surface area contributed by atoms with Crippen LogP contribution in [0.3, 0.4) is 0 Å². The number of aliphatic hydroxyl groups excluding tert-OH is 1. The van der Waals surface area contributed by atoms with Crippen LogP contribution in [0.5, 0.6) is 0 Å². The van der Waals surface area contributed by atoms with Crippen LogP contribution >= 0.6 is 0 Å². The fourth-order valence-corrected chi connectivity index (χ4v) is 2.53. The molecule has 1 saturated heterocycles. The van der Waals surface area contributed by atoms with Crippen molar-refractivity contribution in [3.8, 4) is 0 Å². The molecule has 2 N–H and O–H groups in total. The number of carbonyl (C=O) groups excluding carboxylic acids is 1. The summed E-state index contributed by atoms with van der Waals surface area (Å²) in [5.74, 6) is 0.719. The van der Waals surface area contributed by atoms with Gasteiger partial charge in [-0.3, -0.25) is 4.79 Å². The maximum absolute atomic E-state index is 12.1. The molecule has 2 atom stereocenters. The molecule has 0 spiro atoms. The summed E-state index contributed by atoms with van der Waals surface area (Å²) in [6, 6.07) is 0.664. The molecule has 0 aromatic rings. The summed E-state index contributed by atoms with van der Waals surface area (Å²) >= 11 is 0. The highest BCUT2D eigenvalue weighted by molar-refractivity contribution is 5.84. The Morgan fingerprint density at radius 1 is 1.47 bits per heavy atom. The van der Waals surface area contributed by atoms with Crippen LogP contribution in [0.4, 0.5) is 0 Å². The molecule has 2 rings (SSSR count). The van der Waals surface area contributed by atoms with Crippen LogP contribution in [0.25, 0.3) is 0 Å². The van der Waals surface area contributed by atoms with Crippen molar-refractivity contribution < 1.29 is 9.90 Å². The van der Waals surface area contributed by atoms with E-state index in [2.05, 4.69) is 12.2 Å². The Morgan fingerprint density at radius 2 is 2.24 bits per heavy atom. The zero-order valence-electron chi connectivity index (χ0n) is 10.7. The SMILES string of the molecule is CCC(CCO)CN1CCC(NC2CC2)C1=O. The Morgan fingerprint density at radius 3 is 2.82 bits per heavy atom. The first kappa shape index (κ1) is 12.8. The molecule has 4 heteroatoms. The lowest BCUT2D eigenvalue weighted by atomic mass is 10.0. The van der Waals surface area contributed by atoms with Gasteiger partial charge in [0.25, 0.3) is 0 Å². The molecule has 98 valence electrons. The average Bonchev–Trinajstić information content (AvgIpc) is 3.08. The van der Waals surface area contributed by atoms with E-state index in [1.165, 1.54) is 12.8 Å². The molecule has 2 unspecified atom stereocenters. The topological polar surface area (TPSA) is 52.6 Å². The van der Waals surface area contributed by atoms with Gasteiger partial charge in [-0.25, -0.2) is 0 Å². The number of likely N-dealkylation sites (tertiary alicyclic amines) is 1. The van der Waals surface area contributed by atoms with Gasteiger partial charge in [0.15, 0.2) is 0 Å². The molecule has 2 fully saturated rings. The third-order valence-corrected chi connectivity index (χ3v) is 3.90. The minimum absolute atomic E-state index is 0.0640. The van der Waals surface area contributed by atoms with Gasteiger partial charge in [-0.1, -0.05) is 13.3 Å². The van der Waals surface area contributed by atoms with Gasteiger partial charge in [0.1, 0.15) is 0 Å². The molecule has 1 saturated carbocycles. The number of nitrogens with one attached hydrogen (secondary N) is 1. The van der Waals surface area contributed by atoms with E-state index in [1.807, 2.05) is 4.90 Å². The second-order valence-corrected chi connectivity index (χ2v) is 5.35. The van der Waals surface area contributed by atoms with Crippen LogP contribution in [0.2, 0.25) is 0 Å². The second kappa shape index (κ2) is 5.83. The number of rotatable bonds is 7. The first-order chi connectivity index (χ1) is 8.24. The van der Waals surface area contributed by atoms with Crippen LogP contribution in [-0.4, -0.2) is 47.7 Å². The Balaban J connectivity index is 1.79. The molecule has 1 aliphatic heterocycles. The molecule has 0 bridgehead atoms. The molecule has 2 aliphatic rings. The van der Waals surface area contributed by atoms with Crippen LogP contribution < -0.4 is 5.32 Å². The number of carbonyl (C=O) groups is 1. The van der Waals surface area contributed by atoms with Gasteiger partial charge in [0.2, 0.25) is 5.91 Å². The predicted molar refractivity (Wildman–Crippen MR) is 66.6 cm³/mol. The minimum atomic E-state index is 0.0640. The van der Waals surface area contributed by atoms with E-state index in [-0.39, 0.29) is 18.6 Å². The highest BCUT2D eigenvalue weighted by atomic mass is 16.3. The Bertz CT molecular complexity index is 266. The number of aliphatic hydroxyl groups is 1. The van der Waals surface area contributed by atoms with Crippen molar-refractivity contribution in [1.82, 2.24) is 10.2 Å². The van der Waals surface area contributed by atoms with E-state index < -0.39 is 0 Å². The van der Waals surface area contributed by atoms with Gasteiger partial charge in [-0.2, -0.15) is 0 Å². The van der Waals surface area contributed by atoms with Crippen LogP contribution in [-0.2, 0) is 4.79 Å². The molecule has 1 heterocycles. The molecule has 0 aromatic heterocycles. The average molecular weight is 240 g/mol. The minimum Gasteiger partial charge on any atom is -0.396 e. The van der Waals surface area contributed by atoms with E-state index in [1.54, 1.807) is 0 Å². The Hall–Kier alpha value is -0.610. The van der Waals surface area contributed by atoms with Crippen LogP contribution in [0, 0.1) is 5.92 Å². The first-order valence-corrected chi connectivity index (χ1v) is 6.90. The van der Waals surface area contributed by atoms with Crippen molar-refractivity contribution >= 4 is 5.91 Å². The van der Waals surface area contributed by atoms with Gasteiger partial charge in [0, 0.05) is 25.7 Å². The summed E-state index contributed by atoms with van der Waals surface area (Å²) < 4.78 is 0. The van der Waals surface area contributed by atoms with E-state index in [0.29, 0.717) is 12.0 Å². The highest BCUT2D eigenvalue weighted by Gasteiger charge is 2.35. The Labute approximate surface area is 103 Å². The number of hydrogen-bond acceptors (Lipinski definition) is 3. The van der Waals surface area contributed by atoms with E-state index in [9.17, 15) is 4.79 Å². The van der Waals surface area contributed by atoms with Crippen molar-refractivity contribution in [2.24, 2.45) is 5.92 Å². The number of hydrogen-bond donors (Lipinski definition) is 2. The zero-order valence-corrected chi connectivity index (χ0v) is 10.7. The molecule has 17 heavy (non-hydrogen) atoms. The lowest BCUT2D eigenvalue weighted by molar-refractivity contribution is -0.130. The van der Waals surface area contributed by atoms with Gasteiger partial charge in [0.05, 0.1) is 6.04 Å². The highest BCUT2D eigenvalue weighted by Crippen LogP contribution is 2.23. The molecular formula is C13H24N2O2. The van der Waals surface area contributed by atoms with Crippen molar-refractivity contribution in [2.75, 3.05) is 19.7 Å². The monoisotopic (exact) mass is 240 g/mol. The Kier molecular flexibility index (Phi) is 4.40. The maximum atomic E-state index is 12.1. The summed E-state index contributed by atoms with van der Waals surface area (Å²) in [6.07, 6.45) is 5.24. The number of amides is 1.